The van der Waals surface area contributed by atoms with E-state index in [1.165, 1.54) is 6.21 Å². The topological polar surface area (TPSA) is 118 Å². The van der Waals surface area contributed by atoms with Crippen molar-refractivity contribution < 1.29 is 14.6 Å². The number of nitrogens with zero attached hydrogens (tertiary/aromatic N) is 3. The molecular formula is C31H24N4O4. The second-order valence-corrected chi connectivity index (χ2v) is 10.1. The zero-order chi connectivity index (χ0) is 26.9. The minimum atomic E-state index is -1.88. The molecule has 3 aromatic heterocycles. The molecule has 2 aromatic carbocycles. The molecule has 0 aliphatic carbocycles. The third kappa shape index (κ3) is 3.38. The Hall–Kier alpha value is -4.69. The maximum atomic E-state index is 13.7. The largest absolute Gasteiger partial charge is 0.458 e. The van der Waals surface area contributed by atoms with Crippen LogP contribution in [0.1, 0.15) is 46.9 Å². The van der Waals surface area contributed by atoms with Crippen LogP contribution in [0.5, 0.6) is 0 Å². The fourth-order valence-electron chi connectivity index (χ4n) is 5.86. The molecule has 0 bridgehead atoms. The summed E-state index contributed by atoms with van der Waals surface area (Å²) in [5.41, 5.74) is 4.80. The number of aromatic nitrogens is 3. The number of esters is 1. The minimum Gasteiger partial charge on any atom is -0.458 e. The lowest BCUT2D eigenvalue weighted by Gasteiger charge is -2.31. The molecule has 5 heterocycles. The Morgan fingerprint density at radius 1 is 1.05 bits per heavy atom. The predicted molar refractivity (Wildman–Crippen MR) is 147 cm³/mol. The summed E-state index contributed by atoms with van der Waals surface area (Å²) in [4.78, 5) is 36.1. The summed E-state index contributed by atoms with van der Waals surface area (Å²) < 4.78 is 6.86. The third-order valence-electron chi connectivity index (χ3n) is 8.01. The molecule has 7 rings (SSSR count). The number of nitrogens with one attached hydrogen (secondary N) is 1. The van der Waals surface area contributed by atoms with Crippen LogP contribution in [0.4, 0.5) is 0 Å². The highest BCUT2D eigenvalue weighted by Crippen LogP contribution is 2.40. The molecule has 1 atom stereocenters. The molecule has 0 saturated carbocycles. The van der Waals surface area contributed by atoms with Crippen LogP contribution in [-0.4, -0.2) is 31.8 Å². The molecule has 2 aliphatic rings. The average Bonchev–Trinajstić information content (AvgIpc) is 3.33. The first-order valence-corrected chi connectivity index (χ1v) is 12.9. The second-order valence-electron chi connectivity index (χ2n) is 10.1. The molecule has 8 nitrogen and oxygen atoms in total. The first-order chi connectivity index (χ1) is 18.9. The van der Waals surface area contributed by atoms with E-state index in [4.69, 9.17) is 20.1 Å². The molecular weight excluding hydrogens is 492 g/mol. The number of carbonyl (C=O) groups is 1. The number of ether oxygens (including phenoxy) is 1. The summed E-state index contributed by atoms with van der Waals surface area (Å²) in [5.74, 6) is -0.742. The van der Waals surface area contributed by atoms with Crippen LogP contribution in [-0.2, 0) is 34.7 Å². The zero-order valence-corrected chi connectivity index (χ0v) is 21.2. The van der Waals surface area contributed by atoms with Gasteiger partial charge in [-0.1, -0.05) is 37.3 Å². The van der Waals surface area contributed by atoms with Crippen LogP contribution in [0.3, 0.4) is 0 Å². The van der Waals surface area contributed by atoms with Gasteiger partial charge in [-0.25, -0.2) is 9.78 Å². The summed E-state index contributed by atoms with van der Waals surface area (Å²) >= 11 is 0. The van der Waals surface area contributed by atoms with E-state index in [0.717, 1.165) is 44.2 Å². The highest BCUT2D eigenvalue weighted by atomic mass is 16.6. The smallest absolute Gasteiger partial charge is 0.343 e. The van der Waals surface area contributed by atoms with Gasteiger partial charge in [-0.2, -0.15) is 0 Å². The van der Waals surface area contributed by atoms with Crippen molar-refractivity contribution in [2.45, 2.75) is 38.5 Å². The van der Waals surface area contributed by atoms with Crippen LogP contribution in [0, 0.1) is 5.41 Å². The van der Waals surface area contributed by atoms with Crippen molar-refractivity contribution in [1.29, 1.82) is 5.41 Å². The molecule has 2 N–H and O–H groups in total. The first kappa shape index (κ1) is 23.4. The zero-order valence-electron chi connectivity index (χ0n) is 21.2. The summed E-state index contributed by atoms with van der Waals surface area (Å²) in [7, 11) is 0. The lowest BCUT2D eigenvalue weighted by atomic mass is 9.86. The molecule has 0 amide bonds. The molecule has 0 unspecified atom stereocenters. The molecule has 0 spiro atoms. The third-order valence-corrected chi connectivity index (χ3v) is 8.01. The first-order valence-electron chi connectivity index (χ1n) is 12.9. The van der Waals surface area contributed by atoms with Crippen LogP contribution in [0.2, 0.25) is 0 Å². The highest BCUT2D eigenvalue weighted by Gasteiger charge is 2.45. The lowest BCUT2D eigenvalue weighted by molar-refractivity contribution is -0.172. The van der Waals surface area contributed by atoms with Gasteiger partial charge in [-0.3, -0.25) is 9.78 Å². The van der Waals surface area contributed by atoms with E-state index in [9.17, 15) is 14.7 Å². The van der Waals surface area contributed by atoms with Gasteiger partial charge in [0, 0.05) is 40.2 Å². The Bertz CT molecular complexity index is 1940. The van der Waals surface area contributed by atoms with Crippen LogP contribution < -0.4 is 5.56 Å². The van der Waals surface area contributed by atoms with Gasteiger partial charge >= 0.3 is 5.97 Å². The normalized spacial score (nSPS) is 17.5. The van der Waals surface area contributed by atoms with Crippen molar-refractivity contribution in [3.8, 4) is 11.4 Å². The Labute approximate surface area is 223 Å². The van der Waals surface area contributed by atoms with Crippen LogP contribution >= 0.6 is 0 Å². The molecule has 39 heavy (non-hydrogen) atoms. The van der Waals surface area contributed by atoms with E-state index < -0.39 is 11.6 Å². The van der Waals surface area contributed by atoms with Crippen molar-refractivity contribution in [3.05, 3.63) is 105 Å². The molecule has 192 valence electrons. The number of hydrogen-bond acceptors (Lipinski definition) is 7. The van der Waals surface area contributed by atoms with E-state index in [1.54, 1.807) is 17.6 Å². The number of fused-ring (bicyclic) bond motifs is 6. The van der Waals surface area contributed by atoms with E-state index in [1.807, 2.05) is 48.5 Å². The van der Waals surface area contributed by atoms with Gasteiger partial charge in [0.15, 0.2) is 5.60 Å². The molecule has 0 radical (unpaired) electrons. The number of rotatable bonds is 4. The van der Waals surface area contributed by atoms with Crippen molar-refractivity contribution in [3.63, 3.8) is 0 Å². The highest BCUT2D eigenvalue weighted by molar-refractivity contribution is 5.93. The van der Waals surface area contributed by atoms with Gasteiger partial charge in [0.1, 0.15) is 6.61 Å². The van der Waals surface area contributed by atoms with Gasteiger partial charge in [0.2, 0.25) is 0 Å². The number of pyridine rings is 3. The maximum Gasteiger partial charge on any atom is 0.343 e. The van der Waals surface area contributed by atoms with Crippen molar-refractivity contribution >= 4 is 34.0 Å². The fourth-order valence-corrected chi connectivity index (χ4v) is 5.86. The van der Waals surface area contributed by atoms with E-state index >= 15 is 0 Å². The minimum absolute atomic E-state index is 0.0883. The number of benzene rings is 2. The Balaban J connectivity index is 1.47. The van der Waals surface area contributed by atoms with E-state index in [2.05, 4.69) is 6.07 Å². The number of para-hydroxylation sites is 1. The summed E-state index contributed by atoms with van der Waals surface area (Å²) in [6, 6.07) is 19.4. The van der Waals surface area contributed by atoms with Crippen LogP contribution in [0.25, 0.3) is 33.2 Å². The summed E-state index contributed by atoms with van der Waals surface area (Å²) in [5, 5.41) is 20.9. The lowest BCUT2D eigenvalue weighted by Crippen LogP contribution is -2.44. The predicted octanol–water partition coefficient (Wildman–Crippen LogP) is 4.22. The SMILES string of the molecule is CC[C@@]1(O)C(=O)OCc2c1cc1n(c2=O)Cc2c-1nc1ccc(C=N)cc1c2Cc1ccc2ccccc2n1. The van der Waals surface area contributed by atoms with E-state index in [-0.39, 0.29) is 18.6 Å². The second kappa shape index (κ2) is 8.41. The number of carbonyl (C=O) groups excluding carboxylic acids is 1. The van der Waals surface area contributed by atoms with Gasteiger partial charge < -0.3 is 19.8 Å². The molecule has 5 aromatic rings. The quantitative estimate of drug-likeness (QED) is 0.268. The Morgan fingerprint density at radius 2 is 1.90 bits per heavy atom. The number of aliphatic hydroxyl groups is 1. The standard InChI is InChI=1S/C31H24N4O4/c1-2-31(38)24-13-27-28-22(15-35(27)29(36)23(24)16-39-30(31)37)20(21-11-17(14-32)7-10-26(21)34-28)12-19-9-8-18-5-3-4-6-25(18)33-19/h3-11,13-14,32,38H,2,12,15-16H2,1H3/t31-/m0/s1. The maximum absolute atomic E-state index is 13.7. The molecule has 0 saturated heterocycles. The molecule has 2 aliphatic heterocycles. The Kier molecular flexibility index (Phi) is 5.05. The monoisotopic (exact) mass is 516 g/mol. The van der Waals surface area contributed by atoms with Crippen molar-refractivity contribution in [2.75, 3.05) is 0 Å². The van der Waals surface area contributed by atoms with Gasteiger partial charge in [0.25, 0.3) is 5.56 Å². The van der Waals surface area contributed by atoms with Gasteiger partial charge in [-0.15, -0.1) is 0 Å². The van der Waals surface area contributed by atoms with E-state index in [0.29, 0.717) is 35.5 Å². The number of cyclic esters (lactones) is 1. The van der Waals surface area contributed by atoms with Gasteiger partial charge in [-0.05, 0) is 47.9 Å². The molecule has 8 heteroatoms. The summed E-state index contributed by atoms with van der Waals surface area (Å²) in [6.07, 6.45) is 1.90. The molecule has 0 fully saturated rings. The fraction of sp³-hybridized carbons (Fsp3) is 0.194. The van der Waals surface area contributed by atoms with Crippen molar-refractivity contribution in [1.82, 2.24) is 14.5 Å². The Morgan fingerprint density at radius 3 is 2.72 bits per heavy atom. The number of hydrogen-bond donors (Lipinski definition) is 2. The average molecular weight is 517 g/mol. The summed E-state index contributed by atoms with van der Waals surface area (Å²) in [6.45, 7) is 1.82. The van der Waals surface area contributed by atoms with Crippen molar-refractivity contribution in [2.24, 2.45) is 0 Å². The van der Waals surface area contributed by atoms with Crippen LogP contribution in [0.15, 0.2) is 65.5 Å². The van der Waals surface area contributed by atoms with Gasteiger partial charge in [0.05, 0.1) is 34.5 Å².